The predicted molar refractivity (Wildman–Crippen MR) is 179 cm³/mol. The Balaban J connectivity index is 0.991. The molecule has 0 saturated carbocycles. The quantitative estimate of drug-likeness (QED) is 0.121. The topological polar surface area (TPSA) is 152 Å². The third-order valence-corrected chi connectivity index (χ3v) is 7.67. The zero-order chi connectivity index (χ0) is 33.6. The van der Waals surface area contributed by atoms with Gasteiger partial charge in [-0.25, -0.2) is 9.59 Å². The van der Waals surface area contributed by atoms with Crippen LogP contribution in [0.25, 0.3) is 32.3 Å². The summed E-state index contributed by atoms with van der Waals surface area (Å²) < 4.78 is 22.3. The Kier molecular flexibility index (Phi) is 9.56. The number of ether oxygens (including phenoxy) is 4. The van der Waals surface area contributed by atoms with Crippen molar-refractivity contribution in [2.75, 3.05) is 26.4 Å². The van der Waals surface area contributed by atoms with Crippen molar-refractivity contribution >= 4 is 44.3 Å². The lowest BCUT2D eigenvalue weighted by atomic mass is 10.0. The number of aliphatic hydroxyl groups excluding tert-OH is 2. The molecule has 244 valence electrons. The molecule has 2 unspecified atom stereocenters. The molecule has 48 heavy (non-hydrogen) atoms. The molecule has 0 aliphatic heterocycles. The van der Waals surface area contributed by atoms with Crippen LogP contribution in [0.15, 0.2) is 109 Å². The Hall–Kier alpha value is -5.84. The van der Waals surface area contributed by atoms with Crippen LogP contribution >= 0.6 is 0 Å². The number of hydrogen-bond acceptors (Lipinski definition) is 10. The average molecular weight is 649 g/mol. The Labute approximate surface area is 274 Å². The van der Waals surface area contributed by atoms with E-state index in [1.807, 2.05) is 6.07 Å². The molecule has 0 radical (unpaired) electrons. The molecule has 6 rings (SSSR count). The maximum absolute atomic E-state index is 12.7. The summed E-state index contributed by atoms with van der Waals surface area (Å²) in [6, 6.07) is 30.2. The lowest BCUT2D eigenvalue weighted by Crippen LogP contribution is -2.25. The highest BCUT2D eigenvalue weighted by Gasteiger charge is 2.17. The lowest BCUT2D eigenvalue weighted by Gasteiger charge is -2.16. The van der Waals surface area contributed by atoms with Gasteiger partial charge in [0.1, 0.15) is 61.6 Å². The van der Waals surface area contributed by atoms with Gasteiger partial charge in [-0.2, -0.15) is 0 Å². The van der Waals surface area contributed by atoms with E-state index in [0.717, 1.165) is 10.8 Å². The summed E-state index contributed by atoms with van der Waals surface area (Å²) in [4.78, 5) is 25.4. The number of phenolic OH excluding ortho intramolecular Hbond substituents is 2. The van der Waals surface area contributed by atoms with Crippen LogP contribution in [-0.4, -0.2) is 71.0 Å². The monoisotopic (exact) mass is 648 g/mol. The molecule has 0 aliphatic carbocycles. The fourth-order valence-corrected chi connectivity index (χ4v) is 5.32. The number of rotatable bonds is 12. The van der Waals surface area contributed by atoms with Crippen molar-refractivity contribution in [2.45, 2.75) is 12.2 Å². The molecule has 0 heterocycles. The first-order valence-corrected chi connectivity index (χ1v) is 15.2. The van der Waals surface area contributed by atoms with E-state index < -0.39 is 24.1 Å². The zero-order valence-corrected chi connectivity index (χ0v) is 25.6. The van der Waals surface area contributed by atoms with Crippen LogP contribution in [0, 0.1) is 0 Å². The number of fused-ring (bicyclic) bond motifs is 3. The first-order valence-electron chi connectivity index (χ1n) is 15.2. The highest BCUT2D eigenvalue weighted by molar-refractivity contribution is 6.05. The summed E-state index contributed by atoms with van der Waals surface area (Å²) in [5.41, 5.74) is 0.648. The molecule has 10 nitrogen and oxygen atoms in total. The van der Waals surface area contributed by atoms with Gasteiger partial charge in [0.05, 0.1) is 11.1 Å². The summed E-state index contributed by atoms with van der Waals surface area (Å²) in [5, 5.41) is 44.5. The molecule has 6 aromatic rings. The highest BCUT2D eigenvalue weighted by atomic mass is 16.6. The van der Waals surface area contributed by atoms with E-state index in [-0.39, 0.29) is 37.9 Å². The van der Waals surface area contributed by atoms with E-state index >= 15 is 0 Å². The second-order valence-electron chi connectivity index (χ2n) is 11.2. The van der Waals surface area contributed by atoms with Crippen molar-refractivity contribution in [1.82, 2.24) is 0 Å². The second kappa shape index (κ2) is 14.3. The SMILES string of the molecule is O=C(OCC(O)COc1ccc2c(OCC(O)COC(=O)c3cccc4cc(O)ccc34)cccc2c1)c1cccc2cc(O)ccc12. The first kappa shape index (κ1) is 32.1. The van der Waals surface area contributed by atoms with Crippen molar-refractivity contribution in [3.63, 3.8) is 0 Å². The van der Waals surface area contributed by atoms with Gasteiger partial charge in [0.25, 0.3) is 0 Å². The maximum Gasteiger partial charge on any atom is 0.338 e. The number of hydrogen-bond donors (Lipinski definition) is 4. The minimum atomic E-state index is -1.09. The fraction of sp³-hybridized carbons (Fsp3) is 0.158. The number of carbonyl (C=O) groups excluding carboxylic acids is 2. The molecule has 6 aromatic carbocycles. The molecule has 2 atom stereocenters. The molecule has 0 aliphatic rings. The van der Waals surface area contributed by atoms with Gasteiger partial charge in [0.2, 0.25) is 0 Å². The number of phenols is 2. The van der Waals surface area contributed by atoms with Crippen molar-refractivity contribution in [1.29, 1.82) is 0 Å². The number of carbonyl (C=O) groups is 2. The van der Waals surface area contributed by atoms with Gasteiger partial charge >= 0.3 is 11.9 Å². The standard InChI is InChI=1S/C38H32O10/c39-26-10-13-31-23(16-26)4-1-7-34(31)37(43)47-21-28(41)19-45-30-12-15-33-25(18-30)6-3-9-36(33)46-20-29(42)22-48-38(44)35-8-2-5-24-17-27(40)11-14-32(24)35/h1-18,28-29,39-42H,19-22H2. The fourth-order valence-electron chi connectivity index (χ4n) is 5.32. The van der Waals surface area contributed by atoms with E-state index in [4.69, 9.17) is 18.9 Å². The maximum atomic E-state index is 12.7. The Morgan fingerprint density at radius 3 is 1.56 bits per heavy atom. The van der Waals surface area contributed by atoms with Gasteiger partial charge in [-0.15, -0.1) is 0 Å². The van der Waals surface area contributed by atoms with Crippen molar-refractivity contribution in [2.24, 2.45) is 0 Å². The van der Waals surface area contributed by atoms with Crippen molar-refractivity contribution in [3.05, 3.63) is 120 Å². The van der Waals surface area contributed by atoms with Gasteiger partial charge < -0.3 is 39.4 Å². The summed E-state index contributed by atoms with van der Waals surface area (Å²) in [6.07, 6.45) is -2.17. The van der Waals surface area contributed by atoms with Crippen LogP contribution in [0.4, 0.5) is 0 Å². The third-order valence-electron chi connectivity index (χ3n) is 7.67. The number of esters is 2. The zero-order valence-electron chi connectivity index (χ0n) is 25.6. The third kappa shape index (κ3) is 7.41. The van der Waals surface area contributed by atoms with Crippen LogP contribution in [0.2, 0.25) is 0 Å². The molecule has 4 N–H and O–H groups in total. The molecule has 0 aromatic heterocycles. The molecule has 0 bridgehead atoms. The molecule has 0 saturated heterocycles. The van der Waals surface area contributed by atoms with E-state index in [9.17, 15) is 30.0 Å². The van der Waals surface area contributed by atoms with Crippen molar-refractivity contribution in [3.8, 4) is 23.0 Å². The normalized spacial score (nSPS) is 12.5. The minimum Gasteiger partial charge on any atom is -0.508 e. The van der Waals surface area contributed by atoms with Gasteiger partial charge in [0.15, 0.2) is 0 Å². The number of benzene rings is 6. The molecule has 0 amide bonds. The summed E-state index contributed by atoms with van der Waals surface area (Å²) in [6.45, 7) is -0.798. The highest BCUT2D eigenvalue weighted by Crippen LogP contribution is 2.30. The van der Waals surface area contributed by atoms with Gasteiger partial charge in [0, 0.05) is 5.39 Å². The lowest BCUT2D eigenvalue weighted by molar-refractivity contribution is 0.0130. The largest absolute Gasteiger partial charge is 0.508 e. The second-order valence-corrected chi connectivity index (χ2v) is 11.2. The van der Waals surface area contributed by atoms with E-state index in [2.05, 4.69) is 0 Å². The summed E-state index contributed by atoms with van der Waals surface area (Å²) in [5.74, 6) is -0.0245. The van der Waals surface area contributed by atoms with Crippen LogP contribution in [0.3, 0.4) is 0 Å². The van der Waals surface area contributed by atoms with Crippen LogP contribution in [-0.2, 0) is 9.47 Å². The molecular weight excluding hydrogens is 616 g/mol. The Morgan fingerprint density at radius 1 is 0.521 bits per heavy atom. The predicted octanol–water partition coefficient (Wildman–Crippen LogP) is 5.75. The van der Waals surface area contributed by atoms with Crippen LogP contribution in [0.1, 0.15) is 20.7 Å². The van der Waals surface area contributed by atoms with Crippen LogP contribution < -0.4 is 9.47 Å². The molecular formula is C38H32O10. The summed E-state index contributed by atoms with van der Waals surface area (Å²) in [7, 11) is 0. The van der Waals surface area contributed by atoms with E-state index in [1.54, 1.807) is 91.0 Å². The Morgan fingerprint density at radius 2 is 1.00 bits per heavy atom. The number of aromatic hydroxyl groups is 2. The van der Waals surface area contributed by atoms with E-state index in [1.165, 1.54) is 12.1 Å². The summed E-state index contributed by atoms with van der Waals surface area (Å²) >= 11 is 0. The minimum absolute atomic E-state index is 0.0918. The smallest absolute Gasteiger partial charge is 0.338 e. The van der Waals surface area contributed by atoms with Gasteiger partial charge in [-0.3, -0.25) is 0 Å². The van der Waals surface area contributed by atoms with Crippen LogP contribution in [0.5, 0.6) is 23.0 Å². The molecule has 0 spiro atoms. The number of aliphatic hydroxyl groups is 2. The first-order chi connectivity index (χ1) is 23.2. The molecule has 10 heteroatoms. The Bertz CT molecular complexity index is 2110. The van der Waals surface area contributed by atoms with Gasteiger partial charge in [-0.1, -0.05) is 36.4 Å². The van der Waals surface area contributed by atoms with Crippen molar-refractivity contribution < 1.29 is 49.0 Å². The van der Waals surface area contributed by atoms with E-state index in [0.29, 0.717) is 44.2 Å². The van der Waals surface area contributed by atoms with Gasteiger partial charge in [-0.05, 0) is 99.7 Å². The molecule has 0 fully saturated rings. The average Bonchev–Trinajstić information content (AvgIpc) is 3.10.